The van der Waals surface area contributed by atoms with Crippen LogP contribution in [0.5, 0.6) is 0 Å². The molecule has 1 saturated carbocycles. The summed E-state index contributed by atoms with van der Waals surface area (Å²) < 4.78 is 1.82. The first-order chi connectivity index (χ1) is 7.37. The Morgan fingerprint density at radius 1 is 1.31 bits per heavy atom. The fourth-order valence-electron chi connectivity index (χ4n) is 2.66. The number of hydrogen-bond acceptors (Lipinski definition) is 3. The van der Waals surface area contributed by atoms with Gasteiger partial charge in [-0.25, -0.2) is 0 Å². The van der Waals surface area contributed by atoms with Gasteiger partial charge in [0.2, 0.25) is 0 Å². The number of rotatable bonds is 4. The quantitative estimate of drug-likeness (QED) is 0.841. The third kappa shape index (κ3) is 1.65. The Labute approximate surface area is 97.4 Å². The van der Waals surface area contributed by atoms with E-state index in [1.165, 1.54) is 0 Å². The molecule has 0 aliphatic heterocycles. The van der Waals surface area contributed by atoms with Gasteiger partial charge in [-0.05, 0) is 23.3 Å². The van der Waals surface area contributed by atoms with Crippen molar-refractivity contribution in [3.63, 3.8) is 0 Å². The van der Waals surface area contributed by atoms with Crippen LogP contribution in [-0.2, 0) is 13.6 Å². The van der Waals surface area contributed by atoms with E-state index in [4.69, 9.17) is 0 Å². The van der Waals surface area contributed by atoms with Crippen LogP contribution in [0.15, 0.2) is 6.20 Å². The van der Waals surface area contributed by atoms with Gasteiger partial charge in [0.05, 0.1) is 11.9 Å². The molecule has 0 radical (unpaired) electrons. The van der Waals surface area contributed by atoms with E-state index in [0.717, 1.165) is 24.7 Å². The monoisotopic (exact) mass is 222 g/mol. The number of nitrogens with zero attached hydrogens (tertiary/aromatic N) is 3. The van der Waals surface area contributed by atoms with Gasteiger partial charge in [-0.2, -0.15) is 0 Å². The van der Waals surface area contributed by atoms with Gasteiger partial charge in [0.1, 0.15) is 0 Å². The van der Waals surface area contributed by atoms with Crippen LogP contribution in [0.1, 0.15) is 33.4 Å². The van der Waals surface area contributed by atoms with E-state index in [9.17, 15) is 0 Å². The van der Waals surface area contributed by atoms with Crippen molar-refractivity contribution in [2.45, 2.75) is 34.2 Å². The van der Waals surface area contributed by atoms with E-state index < -0.39 is 0 Å². The number of aryl methyl sites for hydroxylation is 1. The fraction of sp³-hybridized carbons (Fsp3) is 0.833. The molecule has 1 N–H and O–H groups in total. The molecule has 1 fully saturated rings. The standard InChI is InChI=1S/C12H22N4/c1-11(2)10(12(11,3)4)8-13-6-9-7-14-15-16(9)5/h7,10,13H,6,8H2,1-5H3. The average Bonchev–Trinajstić information content (AvgIpc) is 2.52. The van der Waals surface area contributed by atoms with Crippen molar-refractivity contribution in [1.82, 2.24) is 20.3 Å². The number of hydrogen-bond donors (Lipinski definition) is 1. The molecule has 1 aromatic heterocycles. The summed E-state index contributed by atoms with van der Waals surface area (Å²) in [6.45, 7) is 11.3. The van der Waals surface area contributed by atoms with Crippen LogP contribution < -0.4 is 5.32 Å². The molecule has 0 unspecified atom stereocenters. The lowest BCUT2D eigenvalue weighted by molar-refractivity contribution is 0.457. The zero-order valence-electron chi connectivity index (χ0n) is 10.9. The Morgan fingerprint density at radius 3 is 2.38 bits per heavy atom. The average molecular weight is 222 g/mol. The van der Waals surface area contributed by atoms with E-state index in [1.54, 1.807) is 0 Å². The third-order valence-corrected chi connectivity index (χ3v) is 4.78. The highest BCUT2D eigenvalue weighted by molar-refractivity contribution is 5.13. The topological polar surface area (TPSA) is 42.7 Å². The maximum atomic E-state index is 3.91. The molecule has 4 nitrogen and oxygen atoms in total. The smallest absolute Gasteiger partial charge is 0.0738 e. The lowest BCUT2D eigenvalue weighted by Crippen LogP contribution is -2.20. The molecule has 1 aliphatic carbocycles. The predicted octanol–water partition coefficient (Wildman–Crippen LogP) is 1.59. The van der Waals surface area contributed by atoms with Gasteiger partial charge >= 0.3 is 0 Å². The summed E-state index contributed by atoms with van der Waals surface area (Å²) in [6.07, 6.45) is 1.82. The highest BCUT2D eigenvalue weighted by Gasteiger charge is 2.63. The first-order valence-electron chi connectivity index (χ1n) is 5.91. The minimum absolute atomic E-state index is 0.463. The molecule has 0 aromatic carbocycles. The molecule has 90 valence electrons. The van der Waals surface area contributed by atoms with Crippen molar-refractivity contribution in [2.24, 2.45) is 23.8 Å². The van der Waals surface area contributed by atoms with Crippen LogP contribution in [-0.4, -0.2) is 21.5 Å². The predicted molar refractivity (Wildman–Crippen MR) is 63.8 cm³/mol. The van der Waals surface area contributed by atoms with E-state index in [2.05, 4.69) is 43.3 Å². The lowest BCUT2D eigenvalue weighted by Gasteiger charge is -2.05. The summed E-state index contributed by atoms with van der Waals surface area (Å²) in [5, 5.41) is 11.3. The molecule has 0 saturated heterocycles. The van der Waals surface area contributed by atoms with Gasteiger partial charge < -0.3 is 5.32 Å². The van der Waals surface area contributed by atoms with Gasteiger partial charge in [0.25, 0.3) is 0 Å². The second-order valence-electron chi connectivity index (χ2n) is 5.98. The molecule has 16 heavy (non-hydrogen) atoms. The first kappa shape index (κ1) is 11.6. The Hall–Kier alpha value is -0.900. The molecule has 2 rings (SSSR count). The Balaban J connectivity index is 1.81. The molecule has 0 amide bonds. The zero-order chi connectivity index (χ0) is 12.0. The summed E-state index contributed by atoms with van der Waals surface area (Å²) in [5.41, 5.74) is 2.06. The highest BCUT2D eigenvalue weighted by Crippen LogP contribution is 2.67. The van der Waals surface area contributed by atoms with Crippen molar-refractivity contribution in [2.75, 3.05) is 6.54 Å². The minimum Gasteiger partial charge on any atom is -0.311 e. The Bertz CT molecular complexity index is 364. The van der Waals surface area contributed by atoms with E-state index in [1.807, 2.05) is 17.9 Å². The van der Waals surface area contributed by atoms with Crippen molar-refractivity contribution in [1.29, 1.82) is 0 Å². The van der Waals surface area contributed by atoms with Crippen LogP contribution in [0.3, 0.4) is 0 Å². The summed E-state index contributed by atoms with van der Waals surface area (Å²) in [5.74, 6) is 0.765. The molecule has 1 aromatic rings. The van der Waals surface area contributed by atoms with Gasteiger partial charge in [0.15, 0.2) is 0 Å². The number of nitrogens with one attached hydrogen (secondary N) is 1. The van der Waals surface area contributed by atoms with Crippen molar-refractivity contribution < 1.29 is 0 Å². The molecule has 0 spiro atoms. The molecule has 1 aliphatic rings. The van der Waals surface area contributed by atoms with Crippen LogP contribution in [0.4, 0.5) is 0 Å². The third-order valence-electron chi connectivity index (χ3n) is 4.78. The SMILES string of the molecule is Cn1nncc1CNCC1C(C)(C)C1(C)C. The fourth-order valence-corrected chi connectivity index (χ4v) is 2.66. The molecule has 0 bridgehead atoms. The van der Waals surface area contributed by atoms with E-state index in [0.29, 0.717) is 10.8 Å². The maximum Gasteiger partial charge on any atom is 0.0738 e. The van der Waals surface area contributed by atoms with Crippen molar-refractivity contribution in [3.05, 3.63) is 11.9 Å². The normalized spacial score (nSPS) is 22.3. The Morgan fingerprint density at radius 2 is 1.94 bits per heavy atom. The summed E-state index contributed by atoms with van der Waals surface area (Å²) in [4.78, 5) is 0. The summed E-state index contributed by atoms with van der Waals surface area (Å²) in [7, 11) is 1.93. The van der Waals surface area contributed by atoms with Crippen molar-refractivity contribution >= 4 is 0 Å². The zero-order valence-corrected chi connectivity index (χ0v) is 10.9. The summed E-state index contributed by atoms with van der Waals surface area (Å²) >= 11 is 0. The van der Waals surface area contributed by atoms with Crippen LogP contribution in [0.2, 0.25) is 0 Å². The van der Waals surface area contributed by atoms with Crippen molar-refractivity contribution in [3.8, 4) is 0 Å². The molecule has 1 heterocycles. The maximum absolute atomic E-state index is 3.91. The summed E-state index contributed by atoms with van der Waals surface area (Å²) in [6, 6.07) is 0. The largest absolute Gasteiger partial charge is 0.311 e. The highest BCUT2D eigenvalue weighted by atomic mass is 15.4. The van der Waals surface area contributed by atoms with Crippen LogP contribution in [0.25, 0.3) is 0 Å². The van der Waals surface area contributed by atoms with Crippen LogP contribution >= 0.6 is 0 Å². The lowest BCUT2D eigenvalue weighted by atomic mass is 10.0. The second-order valence-corrected chi connectivity index (χ2v) is 5.98. The first-order valence-corrected chi connectivity index (χ1v) is 5.91. The minimum atomic E-state index is 0.463. The Kier molecular flexibility index (Phi) is 2.57. The number of aromatic nitrogens is 3. The van der Waals surface area contributed by atoms with Gasteiger partial charge in [-0.15, -0.1) is 5.10 Å². The molecular weight excluding hydrogens is 200 g/mol. The molecule has 0 atom stereocenters. The van der Waals surface area contributed by atoms with E-state index >= 15 is 0 Å². The van der Waals surface area contributed by atoms with Gasteiger partial charge in [0, 0.05) is 13.6 Å². The van der Waals surface area contributed by atoms with Crippen LogP contribution in [0, 0.1) is 16.7 Å². The van der Waals surface area contributed by atoms with Gasteiger partial charge in [-0.1, -0.05) is 32.9 Å². The molecule has 4 heteroatoms. The van der Waals surface area contributed by atoms with E-state index in [-0.39, 0.29) is 0 Å². The molecular formula is C12H22N4. The second kappa shape index (κ2) is 3.55. The van der Waals surface area contributed by atoms with Gasteiger partial charge in [-0.3, -0.25) is 4.68 Å².